The molecule has 0 aromatic carbocycles. The molecule has 1 aliphatic rings. The van der Waals surface area contributed by atoms with Crippen LogP contribution in [-0.2, 0) is 4.79 Å². The van der Waals surface area contributed by atoms with E-state index < -0.39 is 0 Å². The van der Waals surface area contributed by atoms with Crippen molar-refractivity contribution in [1.82, 2.24) is 4.90 Å². The second-order valence-corrected chi connectivity index (χ2v) is 5.71. The van der Waals surface area contributed by atoms with E-state index in [0.717, 1.165) is 25.9 Å². The van der Waals surface area contributed by atoms with Gasteiger partial charge in [0.15, 0.2) is 0 Å². The van der Waals surface area contributed by atoms with E-state index in [2.05, 4.69) is 13.8 Å². The number of amides is 1. The summed E-state index contributed by atoms with van der Waals surface area (Å²) in [6, 6.07) is 0. The summed E-state index contributed by atoms with van der Waals surface area (Å²) in [5, 5.41) is 0. The van der Waals surface area contributed by atoms with Gasteiger partial charge in [-0.3, -0.25) is 4.79 Å². The summed E-state index contributed by atoms with van der Waals surface area (Å²) in [7, 11) is 0. The highest BCUT2D eigenvalue weighted by molar-refractivity contribution is 6.19. The highest BCUT2D eigenvalue weighted by atomic mass is 35.5. The number of nitrogens with zero attached hydrogens (tertiary/aromatic N) is 1. The minimum absolute atomic E-state index is 0.0344. The molecule has 0 aromatic rings. The summed E-state index contributed by atoms with van der Waals surface area (Å²) in [6.45, 7) is 8.28. The molecule has 0 aliphatic carbocycles. The Bertz CT molecular complexity index is 228. The molecule has 88 valence electrons. The maximum atomic E-state index is 11.9. The molecule has 0 bridgehead atoms. The zero-order valence-electron chi connectivity index (χ0n) is 10.1. The van der Waals surface area contributed by atoms with Crippen LogP contribution < -0.4 is 0 Å². The molecule has 0 saturated carbocycles. The van der Waals surface area contributed by atoms with E-state index in [-0.39, 0.29) is 11.8 Å². The van der Waals surface area contributed by atoms with Crippen molar-refractivity contribution in [3.05, 3.63) is 0 Å². The molecule has 0 N–H and O–H groups in total. The lowest BCUT2D eigenvalue weighted by atomic mass is 9.85. The number of carbonyl (C=O) groups is 1. The van der Waals surface area contributed by atoms with Crippen molar-refractivity contribution in [3.8, 4) is 0 Å². The van der Waals surface area contributed by atoms with Crippen molar-refractivity contribution in [2.75, 3.05) is 19.0 Å². The molecule has 1 aliphatic heterocycles. The third-order valence-corrected chi connectivity index (χ3v) is 3.77. The number of likely N-dealkylation sites (tertiary alicyclic amines) is 1. The molecule has 1 heterocycles. The van der Waals surface area contributed by atoms with Gasteiger partial charge in [0.25, 0.3) is 0 Å². The number of hydrogen-bond acceptors (Lipinski definition) is 1. The highest BCUT2D eigenvalue weighted by Gasteiger charge is 2.27. The largest absolute Gasteiger partial charge is 0.342 e. The molecule has 1 saturated heterocycles. The average molecular weight is 232 g/mol. The molecule has 1 unspecified atom stereocenters. The summed E-state index contributed by atoms with van der Waals surface area (Å²) >= 11 is 5.72. The van der Waals surface area contributed by atoms with Gasteiger partial charge in [0.2, 0.25) is 5.91 Å². The normalized spacial score (nSPS) is 23.3. The zero-order chi connectivity index (χ0) is 11.5. The minimum atomic E-state index is -0.0344. The van der Waals surface area contributed by atoms with E-state index in [1.807, 2.05) is 11.8 Å². The predicted molar refractivity (Wildman–Crippen MR) is 64.1 cm³/mol. The minimum Gasteiger partial charge on any atom is -0.342 e. The van der Waals surface area contributed by atoms with Crippen molar-refractivity contribution in [2.24, 2.45) is 11.3 Å². The summed E-state index contributed by atoms with van der Waals surface area (Å²) in [5.41, 5.74) is 0.388. The van der Waals surface area contributed by atoms with Crippen molar-refractivity contribution in [3.63, 3.8) is 0 Å². The first-order valence-corrected chi connectivity index (χ1v) is 6.34. The van der Waals surface area contributed by atoms with Crippen molar-refractivity contribution in [2.45, 2.75) is 40.0 Å². The van der Waals surface area contributed by atoms with E-state index in [4.69, 9.17) is 11.6 Å². The molecular weight excluding hydrogens is 210 g/mol. The first kappa shape index (κ1) is 12.8. The Balaban J connectivity index is 2.54. The summed E-state index contributed by atoms with van der Waals surface area (Å²) < 4.78 is 0. The van der Waals surface area contributed by atoms with Gasteiger partial charge >= 0.3 is 0 Å². The molecular formula is C12H22ClNO. The Labute approximate surface area is 98.0 Å². The van der Waals surface area contributed by atoms with Crippen LogP contribution in [0.2, 0.25) is 0 Å². The van der Waals surface area contributed by atoms with Crippen LogP contribution in [0.3, 0.4) is 0 Å². The van der Waals surface area contributed by atoms with Crippen LogP contribution in [0.5, 0.6) is 0 Å². The Hall–Kier alpha value is -0.240. The van der Waals surface area contributed by atoms with Gasteiger partial charge in [-0.15, -0.1) is 11.6 Å². The first-order chi connectivity index (χ1) is 6.96. The lowest BCUT2D eigenvalue weighted by molar-refractivity contribution is -0.134. The Morgan fingerprint density at radius 1 is 1.40 bits per heavy atom. The number of alkyl halides is 1. The van der Waals surface area contributed by atoms with Crippen molar-refractivity contribution in [1.29, 1.82) is 0 Å². The molecule has 0 aromatic heterocycles. The molecule has 2 nitrogen and oxygen atoms in total. The van der Waals surface area contributed by atoms with Gasteiger partial charge in [0.05, 0.1) is 0 Å². The van der Waals surface area contributed by atoms with Gasteiger partial charge in [-0.25, -0.2) is 0 Å². The van der Waals surface area contributed by atoms with Gasteiger partial charge in [0.1, 0.15) is 0 Å². The van der Waals surface area contributed by atoms with E-state index in [1.165, 1.54) is 6.42 Å². The Morgan fingerprint density at radius 3 is 2.67 bits per heavy atom. The van der Waals surface area contributed by atoms with Crippen LogP contribution in [0.1, 0.15) is 40.0 Å². The first-order valence-electron chi connectivity index (χ1n) is 5.81. The predicted octanol–water partition coefficient (Wildman–Crippen LogP) is 2.90. The molecule has 0 radical (unpaired) electrons. The fourth-order valence-corrected chi connectivity index (χ4v) is 2.15. The second-order valence-electron chi connectivity index (χ2n) is 5.40. The maximum absolute atomic E-state index is 11.9. The van der Waals surface area contributed by atoms with E-state index >= 15 is 0 Å². The molecule has 0 spiro atoms. The maximum Gasteiger partial charge on any atom is 0.226 e. The zero-order valence-corrected chi connectivity index (χ0v) is 10.8. The van der Waals surface area contributed by atoms with Gasteiger partial charge in [-0.05, 0) is 24.7 Å². The molecule has 1 amide bonds. The van der Waals surface area contributed by atoms with Crippen LogP contribution in [0.15, 0.2) is 0 Å². The lowest BCUT2D eigenvalue weighted by Gasteiger charge is -2.25. The summed E-state index contributed by atoms with van der Waals surface area (Å²) in [5.74, 6) is 0.620. The van der Waals surface area contributed by atoms with Crippen LogP contribution >= 0.6 is 11.6 Å². The van der Waals surface area contributed by atoms with Crippen LogP contribution in [0, 0.1) is 11.3 Å². The van der Waals surface area contributed by atoms with Crippen molar-refractivity contribution >= 4 is 17.5 Å². The van der Waals surface area contributed by atoms with Crippen molar-refractivity contribution < 1.29 is 4.79 Å². The summed E-state index contributed by atoms with van der Waals surface area (Å²) in [6.07, 6.45) is 3.44. The second kappa shape index (κ2) is 5.20. The Morgan fingerprint density at radius 2 is 2.07 bits per heavy atom. The molecule has 1 fully saturated rings. The molecule has 3 heteroatoms. The van der Waals surface area contributed by atoms with Gasteiger partial charge in [-0.1, -0.05) is 20.8 Å². The smallest absolute Gasteiger partial charge is 0.226 e. The highest BCUT2D eigenvalue weighted by Crippen LogP contribution is 2.30. The standard InChI is InChI=1S/C12H22ClNO/c1-10(9-13)11(15)14-7-4-5-12(2,3)6-8-14/h10H,4-9H2,1-3H3. The fourth-order valence-electron chi connectivity index (χ4n) is 2.02. The van der Waals surface area contributed by atoms with Gasteiger partial charge < -0.3 is 4.90 Å². The van der Waals surface area contributed by atoms with E-state index in [0.29, 0.717) is 11.3 Å². The number of hydrogen-bond donors (Lipinski definition) is 0. The number of carbonyl (C=O) groups excluding carboxylic acids is 1. The molecule has 1 rings (SSSR count). The fraction of sp³-hybridized carbons (Fsp3) is 0.917. The third kappa shape index (κ3) is 3.67. The average Bonchev–Trinajstić information content (AvgIpc) is 2.37. The van der Waals surface area contributed by atoms with E-state index in [9.17, 15) is 4.79 Å². The monoisotopic (exact) mass is 231 g/mol. The van der Waals surface area contributed by atoms with Gasteiger partial charge in [-0.2, -0.15) is 0 Å². The third-order valence-electron chi connectivity index (χ3n) is 3.30. The summed E-state index contributed by atoms with van der Waals surface area (Å²) in [4.78, 5) is 13.9. The van der Waals surface area contributed by atoms with Crippen LogP contribution in [-0.4, -0.2) is 29.8 Å². The Kier molecular flexibility index (Phi) is 4.45. The van der Waals surface area contributed by atoms with Crippen LogP contribution in [0.4, 0.5) is 0 Å². The number of rotatable bonds is 2. The molecule has 1 atom stereocenters. The quantitative estimate of drug-likeness (QED) is 0.670. The SMILES string of the molecule is CC(CCl)C(=O)N1CCCC(C)(C)CC1. The van der Waals surface area contributed by atoms with Gasteiger partial charge in [0, 0.05) is 24.9 Å². The van der Waals surface area contributed by atoms with Crippen LogP contribution in [0.25, 0.3) is 0 Å². The lowest BCUT2D eigenvalue weighted by Crippen LogP contribution is -2.36. The topological polar surface area (TPSA) is 20.3 Å². The molecule has 15 heavy (non-hydrogen) atoms. The number of halogens is 1. The van der Waals surface area contributed by atoms with E-state index in [1.54, 1.807) is 0 Å².